The summed E-state index contributed by atoms with van der Waals surface area (Å²) in [5.41, 5.74) is 0.353. The molecule has 0 heterocycles. The molecule has 8 heteroatoms. The Hall–Kier alpha value is -2.15. The van der Waals surface area contributed by atoms with Gasteiger partial charge in [-0.1, -0.05) is 11.6 Å². The van der Waals surface area contributed by atoms with Crippen molar-refractivity contribution < 1.29 is 24.2 Å². The van der Waals surface area contributed by atoms with Crippen LogP contribution in [-0.2, 0) is 4.79 Å². The molecule has 0 aromatic heterocycles. The van der Waals surface area contributed by atoms with E-state index in [4.69, 9.17) is 26.2 Å². The first-order chi connectivity index (χ1) is 9.47. The molecular formula is C12H15ClN2O5. The molecular weight excluding hydrogens is 288 g/mol. The normalized spacial score (nSPS) is 9.75. The molecule has 0 aliphatic rings. The number of carbonyl (C=O) groups is 2. The van der Waals surface area contributed by atoms with Crippen LogP contribution in [0.1, 0.15) is 6.42 Å². The summed E-state index contributed by atoms with van der Waals surface area (Å²) in [6.07, 6.45) is -0.159. The molecule has 1 aromatic carbocycles. The molecule has 0 aliphatic heterocycles. The number of amides is 2. The van der Waals surface area contributed by atoms with Gasteiger partial charge in [0.2, 0.25) is 0 Å². The van der Waals surface area contributed by atoms with Crippen molar-refractivity contribution in [2.45, 2.75) is 6.42 Å². The lowest BCUT2D eigenvalue weighted by molar-refractivity contribution is -0.136. The lowest BCUT2D eigenvalue weighted by Crippen LogP contribution is -2.30. The van der Waals surface area contributed by atoms with Gasteiger partial charge in [-0.15, -0.1) is 0 Å². The number of rotatable bonds is 6. The van der Waals surface area contributed by atoms with E-state index in [1.165, 1.54) is 26.4 Å². The zero-order chi connectivity index (χ0) is 15.1. The van der Waals surface area contributed by atoms with Crippen molar-refractivity contribution in [2.24, 2.45) is 0 Å². The third-order valence-corrected chi connectivity index (χ3v) is 2.64. The molecule has 20 heavy (non-hydrogen) atoms. The fraction of sp³-hybridized carbons (Fsp3) is 0.333. The number of aliphatic carboxylic acids is 1. The second kappa shape index (κ2) is 7.44. The van der Waals surface area contributed by atoms with Crippen molar-refractivity contribution in [3.63, 3.8) is 0 Å². The predicted molar refractivity (Wildman–Crippen MR) is 73.8 cm³/mol. The lowest BCUT2D eigenvalue weighted by atomic mass is 10.2. The molecule has 2 amide bonds. The first-order valence-corrected chi connectivity index (χ1v) is 6.04. The van der Waals surface area contributed by atoms with E-state index in [1.807, 2.05) is 0 Å². The molecule has 3 N–H and O–H groups in total. The lowest BCUT2D eigenvalue weighted by Gasteiger charge is -2.13. The number of hydrogen-bond donors (Lipinski definition) is 3. The Morgan fingerprint density at radius 3 is 2.45 bits per heavy atom. The molecule has 1 aromatic rings. The van der Waals surface area contributed by atoms with E-state index in [9.17, 15) is 9.59 Å². The highest BCUT2D eigenvalue weighted by atomic mass is 35.5. The van der Waals surface area contributed by atoms with E-state index in [1.54, 1.807) is 0 Å². The number of carboxylic acids is 1. The topological polar surface area (TPSA) is 96.9 Å². The highest BCUT2D eigenvalue weighted by molar-refractivity contribution is 6.32. The summed E-state index contributed by atoms with van der Waals surface area (Å²) < 4.78 is 10.1. The van der Waals surface area contributed by atoms with Crippen LogP contribution in [0.2, 0.25) is 5.02 Å². The maximum atomic E-state index is 11.6. The van der Waals surface area contributed by atoms with Crippen LogP contribution in [0.3, 0.4) is 0 Å². The molecule has 0 saturated heterocycles. The summed E-state index contributed by atoms with van der Waals surface area (Å²) in [6, 6.07) is 2.47. The molecule has 0 unspecified atom stereocenters. The number of carboxylic acid groups (broad SMARTS) is 1. The first kappa shape index (κ1) is 15.9. The number of anilines is 1. The van der Waals surface area contributed by atoms with Crippen LogP contribution in [0.5, 0.6) is 11.5 Å². The maximum absolute atomic E-state index is 11.6. The fourth-order valence-electron chi connectivity index (χ4n) is 1.41. The van der Waals surface area contributed by atoms with Crippen molar-refractivity contribution >= 4 is 29.3 Å². The quantitative estimate of drug-likeness (QED) is 0.746. The van der Waals surface area contributed by atoms with Crippen LogP contribution in [0, 0.1) is 0 Å². The minimum atomic E-state index is -0.990. The summed E-state index contributed by atoms with van der Waals surface area (Å²) in [5, 5.41) is 13.7. The SMILES string of the molecule is COc1cc(OC)c(NC(=O)NCCC(=O)O)cc1Cl. The van der Waals surface area contributed by atoms with E-state index in [2.05, 4.69) is 10.6 Å². The van der Waals surface area contributed by atoms with Crippen LogP contribution in [-0.4, -0.2) is 37.9 Å². The second-order valence-corrected chi connectivity index (χ2v) is 4.12. The Labute approximate surface area is 120 Å². The summed E-state index contributed by atoms with van der Waals surface area (Å²) in [7, 11) is 2.91. The van der Waals surface area contributed by atoms with Crippen LogP contribution >= 0.6 is 11.6 Å². The number of carbonyl (C=O) groups excluding carboxylic acids is 1. The predicted octanol–water partition coefficient (Wildman–Crippen LogP) is 1.95. The van der Waals surface area contributed by atoms with Crippen molar-refractivity contribution in [1.29, 1.82) is 0 Å². The van der Waals surface area contributed by atoms with Crippen molar-refractivity contribution in [2.75, 3.05) is 26.1 Å². The van der Waals surface area contributed by atoms with Crippen molar-refractivity contribution in [1.82, 2.24) is 5.32 Å². The average molecular weight is 303 g/mol. The molecule has 7 nitrogen and oxygen atoms in total. The van der Waals surface area contributed by atoms with E-state index in [-0.39, 0.29) is 13.0 Å². The Bertz CT molecular complexity index is 507. The monoisotopic (exact) mass is 302 g/mol. The van der Waals surface area contributed by atoms with Crippen LogP contribution in [0.25, 0.3) is 0 Å². The third-order valence-electron chi connectivity index (χ3n) is 2.35. The number of halogens is 1. The fourth-order valence-corrected chi connectivity index (χ4v) is 1.65. The Balaban J connectivity index is 2.73. The molecule has 0 saturated carbocycles. The highest BCUT2D eigenvalue weighted by Gasteiger charge is 2.12. The average Bonchev–Trinajstić information content (AvgIpc) is 2.38. The zero-order valence-electron chi connectivity index (χ0n) is 11.0. The molecule has 110 valence electrons. The van der Waals surface area contributed by atoms with Crippen molar-refractivity contribution in [3.8, 4) is 11.5 Å². The van der Waals surface area contributed by atoms with Gasteiger partial charge in [0.05, 0.1) is 31.4 Å². The van der Waals surface area contributed by atoms with Gasteiger partial charge in [0.15, 0.2) is 0 Å². The Morgan fingerprint density at radius 1 is 1.25 bits per heavy atom. The largest absolute Gasteiger partial charge is 0.495 e. The van der Waals surface area contributed by atoms with Crippen molar-refractivity contribution in [3.05, 3.63) is 17.2 Å². The van der Waals surface area contributed by atoms with Gasteiger partial charge in [0, 0.05) is 12.6 Å². The molecule has 0 atom stereocenters. The van der Waals surface area contributed by atoms with E-state index in [0.717, 1.165) is 0 Å². The van der Waals surface area contributed by atoms with Gasteiger partial charge in [-0.05, 0) is 6.07 Å². The Morgan fingerprint density at radius 2 is 1.90 bits per heavy atom. The summed E-state index contributed by atoms with van der Waals surface area (Å²) >= 11 is 5.96. The minimum Gasteiger partial charge on any atom is -0.495 e. The van der Waals surface area contributed by atoms with Gasteiger partial charge in [-0.25, -0.2) is 4.79 Å². The molecule has 0 aliphatic carbocycles. The van der Waals surface area contributed by atoms with Gasteiger partial charge in [0.1, 0.15) is 11.5 Å². The highest BCUT2D eigenvalue weighted by Crippen LogP contribution is 2.35. The zero-order valence-corrected chi connectivity index (χ0v) is 11.8. The Kier molecular flexibility index (Phi) is 5.92. The molecule has 0 fully saturated rings. The van der Waals surface area contributed by atoms with Crippen LogP contribution in [0.4, 0.5) is 10.5 Å². The smallest absolute Gasteiger partial charge is 0.319 e. The number of methoxy groups -OCH3 is 2. The number of benzene rings is 1. The molecule has 0 radical (unpaired) electrons. The molecule has 1 rings (SSSR count). The number of urea groups is 1. The number of hydrogen-bond acceptors (Lipinski definition) is 4. The van der Waals surface area contributed by atoms with Crippen LogP contribution < -0.4 is 20.1 Å². The van der Waals surface area contributed by atoms with Gasteiger partial charge >= 0.3 is 12.0 Å². The summed E-state index contributed by atoms with van der Waals surface area (Å²) in [6.45, 7) is 0.0212. The number of ether oxygens (including phenoxy) is 2. The van der Waals surface area contributed by atoms with Gasteiger partial charge < -0.3 is 25.2 Å². The van der Waals surface area contributed by atoms with Gasteiger partial charge in [-0.3, -0.25) is 4.79 Å². The third kappa shape index (κ3) is 4.51. The summed E-state index contributed by atoms with van der Waals surface area (Å²) in [5.74, 6) is -0.199. The summed E-state index contributed by atoms with van der Waals surface area (Å²) in [4.78, 5) is 21.9. The standard InChI is InChI=1S/C12H15ClN2O5/c1-19-9-6-10(20-2)8(5-7(9)13)15-12(18)14-4-3-11(16)17/h5-6H,3-4H2,1-2H3,(H,16,17)(H2,14,15,18). The molecule has 0 bridgehead atoms. The number of nitrogens with one attached hydrogen (secondary N) is 2. The van der Waals surface area contributed by atoms with Gasteiger partial charge in [-0.2, -0.15) is 0 Å². The van der Waals surface area contributed by atoms with Crippen LogP contribution in [0.15, 0.2) is 12.1 Å². The minimum absolute atomic E-state index is 0.0212. The van der Waals surface area contributed by atoms with E-state index in [0.29, 0.717) is 22.2 Å². The maximum Gasteiger partial charge on any atom is 0.319 e. The first-order valence-electron chi connectivity index (χ1n) is 5.66. The molecule has 0 spiro atoms. The van der Waals surface area contributed by atoms with E-state index >= 15 is 0 Å². The van der Waals surface area contributed by atoms with Gasteiger partial charge in [0.25, 0.3) is 0 Å². The second-order valence-electron chi connectivity index (χ2n) is 3.71. The van der Waals surface area contributed by atoms with E-state index < -0.39 is 12.0 Å².